The van der Waals surface area contributed by atoms with Gasteiger partial charge in [0.2, 0.25) is 11.8 Å². The molecule has 3 aromatic rings. The number of likely N-dealkylation sites (tertiary alicyclic amines) is 1. The van der Waals surface area contributed by atoms with E-state index in [-0.39, 0.29) is 22.8 Å². The van der Waals surface area contributed by atoms with Crippen molar-refractivity contribution >= 4 is 11.7 Å². The van der Waals surface area contributed by atoms with Crippen LogP contribution in [0, 0.1) is 12.7 Å². The number of anilines is 1. The van der Waals surface area contributed by atoms with E-state index < -0.39 is 35.3 Å². The molecule has 0 saturated carbocycles. The van der Waals surface area contributed by atoms with E-state index in [1.165, 1.54) is 30.5 Å². The zero-order valence-corrected chi connectivity index (χ0v) is 18.3. The Hall–Kier alpha value is -3.70. The lowest BCUT2D eigenvalue weighted by atomic mass is 9.99. The number of nitrogens with one attached hydrogen (secondary N) is 1. The molecule has 1 aromatic carbocycles. The maximum absolute atomic E-state index is 14.8. The van der Waals surface area contributed by atoms with Crippen LogP contribution >= 0.6 is 0 Å². The Morgan fingerprint density at radius 1 is 1.21 bits per heavy atom. The van der Waals surface area contributed by atoms with Gasteiger partial charge in [-0.1, -0.05) is 0 Å². The lowest BCUT2D eigenvalue weighted by molar-refractivity contribution is -0.137. The zero-order valence-electron chi connectivity index (χ0n) is 18.3. The van der Waals surface area contributed by atoms with Gasteiger partial charge in [0.05, 0.1) is 24.6 Å². The summed E-state index contributed by atoms with van der Waals surface area (Å²) in [6.07, 6.45) is -0.223. The van der Waals surface area contributed by atoms with Crippen LogP contribution in [0.2, 0.25) is 0 Å². The van der Waals surface area contributed by atoms with Gasteiger partial charge in [0.25, 0.3) is 0 Å². The molecule has 12 heteroatoms. The van der Waals surface area contributed by atoms with Gasteiger partial charge in [-0.05, 0) is 43.0 Å². The van der Waals surface area contributed by atoms with Crippen LogP contribution < -0.4 is 10.1 Å². The molecule has 0 radical (unpaired) electrons. The van der Waals surface area contributed by atoms with Gasteiger partial charge in [-0.2, -0.15) is 13.2 Å². The number of aryl methyl sites for hydroxylation is 1. The predicted octanol–water partition coefficient (Wildman–Crippen LogP) is 5.37. The number of nitrogens with zero attached hydrogens (tertiary/aromatic N) is 4. The molecular weight excluding hydrogens is 458 g/mol. The number of rotatable bonds is 4. The molecule has 4 rings (SSSR count). The third kappa shape index (κ3) is 4.80. The topological polar surface area (TPSA) is 93.4 Å². The van der Waals surface area contributed by atoms with Crippen molar-refractivity contribution in [1.29, 1.82) is 0 Å². The third-order valence-corrected chi connectivity index (χ3v) is 5.50. The Kier molecular flexibility index (Phi) is 6.40. The van der Waals surface area contributed by atoms with E-state index >= 15 is 0 Å². The SMILES string of the molecule is COc1cncc(-c2cc(NC(=O)N3CCCCC3c3nnc(C)o3)c(F)cc2C(F)(F)F)c1. The Labute approximate surface area is 191 Å². The summed E-state index contributed by atoms with van der Waals surface area (Å²) >= 11 is 0. The van der Waals surface area contributed by atoms with Gasteiger partial charge in [0.1, 0.15) is 17.6 Å². The number of ether oxygens (including phenoxy) is 1. The van der Waals surface area contributed by atoms with Crippen molar-refractivity contribution in [2.45, 2.75) is 38.4 Å². The molecule has 1 atom stereocenters. The van der Waals surface area contributed by atoms with Crippen molar-refractivity contribution in [3.8, 4) is 16.9 Å². The number of hydrogen-bond donors (Lipinski definition) is 1. The van der Waals surface area contributed by atoms with Crippen molar-refractivity contribution in [1.82, 2.24) is 20.1 Å². The van der Waals surface area contributed by atoms with E-state index in [1.54, 1.807) is 6.92 Å². The second-order valence-corrected chi connectivity index (χ2v) is 7.78. The summed E-state index contributed by atoms with van der Waals surface area (Å²) in [5.74, 6) is -0.399. The lowest BCUT2D eigenvalue weighted by Crippen LogP contribution is -2.41. The van der Waals surface area contributed by atoms with Crippen molar-refractivity contribution in [2.75, 3.05) is 19.0 Å². The number of amides is 2. The largest absolute Gasteiger partial charge is 0.495 e. The first kappa shape index (κ1) is 23.5. The summed E-state index contributed by atoms with van der Waals surface area (Å²) in [5.41, 5.74) is -1.89. The number of aromatic nitrogens is 3. The highest BCUT2D eigenvalue weighted by Gasteiger charge is 2.36. The summed E-state index contributed by atoms with van der Waals surface area (Å²) in [6.45, 7) is 1.96. The molecule has 8 nitrogen and oxygen atoms in total. The number of halogens is 4. The minimum Gasteiger partial charge on any atom is -0.495 e. The molecule has 34 heavy (non-hydrogen) atoms. The van der Waals surface area contributed by atoms with Crippen LogP contribution in [0.25, 0.3) is 11.1 Å². The first-order valence-corrected chi connectivity index (χ1v) is 10.4. The van der Waals surface area contributed by atoms with Gasteiger partial charge in [-0.3, -0.25) is 4.98 Å². The average Bonchev–Trinajstić information content (AvgIpc) is 3.25. The molecule has 0 bridgehead atoms. The van der Waals surface area contributed by atoms with Gasteiger partial charge < -0.3 is 19.4 Å². The highest BCUT2D eigenvalue weighted by Crippen LogP contribution is 2.40. The Morgan fingerprint density at radius 3 is 2.68 bits per heavy atom. The van der Waals surface area contributed by atoms with Gasteiger partial charge in [-0.15, -0.1) is 10.2 Å². The van der Waals surface area contributed by atoms with Gasteiger partial charge in [0.15, 0.2) is 0 Å². The molecule has 1 aliphatic heterocycles. The summed E-state index contributed by atoms with van der Waals surface area (Å²) in [5, 5.41) is 10.2. The standard InChI is InChI=1S/C22H21F4N5O3/c1-12-29-30-20(34-12)19-5-3-4-6-31(19)21(32)28-18-8-15(13-7-14(33-2)11-27-10-13)16(9-17(18)23)22(24,25)26/h7-11,19H,3-6H2,1-2H3,(H,28,32). The fraction of sp³-hybridized carbons (Fsp3) is 0.364. The summed E-state index contributed by atoms with van der Waals surface area (Å²) < 4.78 is 66.3. The highest BCUT2D eigenvalue weighted by molar-refractivity contribution is 5.91. The van der Waals surface area contributed by atoms with Crippen molar-refractivity contribution in [2.24, 2.45) is 0 Å². The first-order valence-electron chi connectivity index (χ1n) is 10.4. The Bertz CT molecular complexity index is 1200. The average molecular weight is 479 g/mol. The number of benzene rings is 1. The van der Waals surface area contributed by atoms with E-state index in [0.29, 0.717) is 31.3 Å². The third-order valence-electron chi connectivity index (χ3n) is 5.50. The molecule has 1 fully saturated rings. The van der Waals surface area contributed by atoms with Gasteiger partial charge >= 0.3 is 12.2 Å². The lowest BCUT2D eigenvalue weighted by Gasteiger charge is -2.33. The fourth-order valence-electron chi connectivity index (χ4n) is 3.89. The van der Waals surface area contributed by atoms with Gasteiger partial charge in [-0.25, -0.2) is 9.18 Å². The summed E-state index contributed by atoms with van der Waals surface area (Å²) in [6, 6.07) is 1.45. The van der Waals surface area contributed by atoms with Crippen LogP contribution in [0.15, 0.2) is 35.0 Å². The first-order chi connectivity index (χ1) is 16.2. The smallest absolute Gasteiger partial charge is 0.417 e. The number of piperidine rings is 1. The molecule has 0 spiro atoms. The second-order valence-electron chi connectivity index (χ2n) is 7.78. The number of carbonyl (C=O) groups excluding carboxylic acids is 1. The molecule has 0 aliphatic carbocycles. The number of hydrogen-bond acceptors (Lipinski definition) is 6. The Morgan fingerprint density at radius 2 is 2.00 bits per heavy atom. The summed E-state index contributed by atoms with van der Waals surface area (Å²) in [7, 11) is 1.35. The molecule has 1 unspecified atom stereocenters. The zero-order chi connectivity index (χ0) is 24.5. The fourth-order valence-corrected chi connectivity index (χ4v) is 3.89. The minimum atomic E-state index is -4.84. The van der Waals surface area contributed by atoms with E-state index in [1.807, 2.05) is 0 Å². The molecule has 2 aromatic heterocycles. The summed E-state index contributed by atoms with van der Waals surface area (Å²) in [4.78, 5) is 18.3. The van der Waals surface area contributed by atoms with Crippen LogP contribution in [0.4, 0.5) is 28.0 Å². The van der Waals surface area contributed by atoms with Crippen LogP contribution in [-0.2, 0) is 6.18 Å². The van der Waals surface area contributed by atoms with E-state index in [9.17, 15) is 22.4 Å². The van der Waals surface area contributed by atoms with Crippen molar-refractivity contribution < 1.29 is 31.5 Å². The predicted molar refractivity (Wildman–Crippen MR) is 113 cm³/mol. The number of urea groups is 1. The highest BCUT2D eigenvalue weighted by atomic mass is 19.4. The minimum absolute atomic E-state index is 0.0550. The van der Waals surface area contributed by atoms with Crippen LogP contribution in [-0.4, -0.2) is 39.8 Å². The van der Waals surface area contributed by atoms with Crippen molar-refractivity contribution in [3.63, 3.8) is 0 Å². The van der Waals surface area contributed by atoms with Crippen LogP contribution in [0.5, 0.6) is 5.75 Å². The molecule has 2 amide bonds. The van der Waals surface area contributed by atoms with Crippen LogP contribution in [0.1, 0.15) is 42.6 Å². The maximum atomic E-state index is 14.8. The molecule has 180 valence electrons. The monoisotopic (exact) mass is 479 g/mol. The number of alkyl halides is 3. The number of methoxy groups -OCH3 is 1. The van der Waals surface area contributed by atoms with E-state index in [2.05, 4.69) is 20.5 Å². The number of pyridine rings is 1. The Balaban J connectivity index is 1.69. The molecule has 1 N–H and O–H groups in total. The normalized spacial score (nSPS) is 16.4. The molecule has 3 heterocycles. The quantitative estimate of drug-likeness (QED) is 0.506. The van der Waals surface area contributed by atoms with E-state index in [4.69, 9.17) is 9.15 Å². The van der Waals surface area contributed by atoms with Gasteiger partial charge in [0, 0.05) is 25.2 Å². The molecular formula is C22H21F4N5O3. The van der Waals surface area contributed by atoms with Crippen LogP contribution in [0.3, 0.4) is 0 Å². The maximum Gasteiger partial charge on any atom is 0.417 e. The molecule has 1 saturated heterocycles. The number of carbonyl (C=O) groups is 1. The molecule has 1 aliphatic rings. The van der Waals surface area contributed by atoms with Crippen molar-refractivity contribution in [3.05, 3.63) is 53.8 Å². The van der Waals surface area contributed by atoms with E-state index in [0.717, 1.165) is 12.5 Å². The second kappa shape index (κ2) is 9.27.